The Hall–Kier alpha value is -1.14. The van der Waals surface area contributed by atoms with Gasteiger partial charge >= 0.3 is 5.97 Å². The first kappa shape index (κ1) is 14.3. The van der Waals surface area contributed by atoms with E-state index in [9.17, 15) is 9.59 Å². The highest BCUT2D eigenvalue weighted by molar-refractivity contribution is 5.77. The van der Waals surface area contributed by atoms with E-state index in [0.717, 1.165) is 26.1 Å². The van der Waals surface area contributed by atoms with E-state index in [-0.39, 0.29) is 24.5 Å². The van der Waals surface area contributed by atoms with Gasteiger partial charge in [-0.3, -0.25) is 9.59 Å². The smallest absolute Gasteiger partial charge is 0.303 e. The third-order valence-corrected chi connectivity index (χ3v) is 3.95. The van der Waals surface area contributed by atoms with Crippen LogP contribution >= 0.6 is 0 Å². The Morgan fingerprint density at radius 1 is 1.47 bits per heavy atom. The lowest BCUT2D eigenvalue weighted by Gasteiger charge is -2.39. The van der Waals surface area contributed by atoms with E-state index in [0.29, 0.717) is 18.9 Å². The van der Waals surface area contributed by atoms with Crippen molar-refractivity contribution >= 4 is 11.9 Å². The van der Waals surface area contributed by atoms with Crippen LogP contribution < -0.4 is 5.32 Å². The van der Waals surface area contributed by atoms with Crippen molar-refractivity contribution in [2.45, 2.75) is 31.8 Å². The van der Waals surface area contributed by atoms with Crippen molar-refractivity contribution < 1.29 is 19.4 Å². The number of carboxylic acid groups (broad SMARTS) is 1. The molecular formula is C13H22N2O4. The van der Waals surface area contributed by atoms with Crippen molar-refractivity contribution in [3.63, 3.8) is 0 Å². The number of carbonyl (C=O) groups excluding carboxylic acids is 1. The number of carboxylic acids is 1. The van der Waals surface area contributed by atoms with Crippen LogP contribution in [0.1, 0.15) is 26.2 Å². The zero-order chi connectivity index (χ0) is 13.9. The second-order valence-electron chi connectivity index (χ2n) is 5.77. The van der Waals surface area contributed by atoms with Crippen LogP contribution in [-0.2, 0) is 14.3 Å². The fraction of sp³-hybridized carbons (Fsp3) is 0.846. The van der Waals surface area contributed by atoms with E-state index in [1.54, 1.807) is 4.90 Å². The van der Waals surface area contributed by atoms with Crippen LogP contribution in [0.3, 0.4) is 0 Å². The van der Waals surface area contributed by atoms with Crippen molar-refractivity contribution in [1.82, 2.24) is 10.2 Å². The molecule has 0 bridgehead atoms. The van der Waals surface area contributed by atoms with Gasteiger partial charge in [0.2, 0.25) is 5.91 Å². The van der Waals surface area contributed by atoms with E-state index in [1.165, 1.54) is 0 Å². The Balaban J connectivity index is 1.68. The van der Waals surface area contributed by atoms with Gasteiger partial charge in [0.1, 0.15) is 6.61 Å². The zero-order valence-corrected chi connectivity index (χ0v) is 11.4. The summed E-state index contributed by atoms with van der Waals surface area (Å²) in [6.45, 7) is 5.11. The Bertz CT molecular complexity index is 355. The number of nitrogens with zero attached hydrogens (tertiary/aromatic N) is 1. The van der Waals surface area contributed by atoms with Crippen molar-refractivity contribution in [3.8, 4) is 0 Å². The van der Waals surface area contributed by atoms with Gasteiger partial charge in [0, 0.05) is 32.6 Å². The Morgan fingerprint density at radius 2 is 2.21 bits per heavy atom. The van der Waals surface area contributed by atoms with Gasteiger partial charge in [0.15, 0.2) is 0 Å². The van der Waals surface area contributed by atoms with Crippen LogP contribution in [0.5, 0.6) is 0 Å². The van der Waals surface area contributed by atoms with Crippen LogP contribution in [-0.4, -0.2) is 60.3 Å². The number of aliphatic carboxylic acids is 1. The van der Waals surface area contributed by atoms with Gasteiger partial charge in [0.05, 0.1) is 5.60 Å². The lowest BCUT2D eigenvalue weighted by atomic mass is 10.0. The number of hydrogen-bond acceptors (Lipinski definition) is 4. The highest BCUT2D eigenvalue weighted by atomic mass is 16.5. The molecule has 2 aliphatic rings. The number of likely N-dealkylation sites (tertiary alicyclic amines) is 1. The maximum absolute atomic E-state index is 12.0. The lowest BCUT2D eigenvalue weighted by molar-refractivity contribution is -0.145. The number of carbonyl (C=O) groups is 2. The zero-order valence-electron chi connectivity index (χ0n) is 11.4. The van der Waals surface area contributed by atoms with E-state index < -0.39 is 5.97 Å². The first-order valence-corrected chi connectivity index (χ1v) is 6.83. The molecule has 2 N–H and O–H groups in total. The average Bonchev–Trinajstić information content (AvgIpc) is 2.80. The largest absolute Gasteiger partial charge is 0.481 e. The summed E-state index contributed by atoms with van der Waals surface area (Å²) in [5.74, 6) is -0.425. The molecule has 0 aromatic heterocycles. The topological polar surface area (TPSA) is 78.9 Å². The molecule has 2 aliphatic heterocycles. The van der Waals surface area contributed by atoms with E-state index in [4.69, 9.17) is 9.84 Å². The standard InChI is InChI=1S/C13H22N2O4/c1-13(8-14-9-13)19-7-11(16)15-5-4-10(6-15)2-3-12(17)18/h10,14H,2-9H2,1H3,(H,17,18). The van der Waals surface area contributed by atoms with Gasteiger partial charge in [-0.2, -0.15) is 0 Å². The molecule has 19 heavy (non-hydrogen) atoms. The predicted molar refractivity (Wildman–Crippen MR) is 68.8 cm³/mol. The summed E-state index contributed by atoms with van der Waals surface area (Å²) in [6.07, 6.45) is 1.74. The minimum Gasteiger partial charge on any atom is -0.481 e. The second kappa shape index (κ2) is 5.88. The number of ether oxygens (including phenoxy) is 1. The highest BCUT2D eigenvalue weighted by Gasteiger charge is 2.34. The van der Waals surface area contributed by atoms with Crippen molar-refractivity contribution in [2.75, 3.05) is 32.8 Å². The van der Waals surface area contributed by atoms with Crippen LogP contribution in [0.25, 0.3) is 0 Å². The predicted octanol–water partition coefficient (Wildman–Crippen LogP) is 0.0782. The highest BCUT2D eigenvalue weighted by Crippen LogP contribution is 2.22. The fourth-order valence-electron chi connectivity index (χ4n) is 2.53. The summed E-state index contributed by atoms with van der Waals surface area (Å²) in [7, 11) is 0. The van der Waals surface area contributed by atoms with Gasteiger partial charge in [-0.25, -0.2) is 0 Å². The molecule has 0 radical (unpaired) electrons. The van der Waals surface area contributed by atoms with Crippen LogP contribution in [0.4, 0.5) is 0 Å². The van der Waals surface area contributed by atoms with E-state index in [1.807, 2.05) is 6.92 Å². The van der Waals surface area contributed by atoms with Crippen LogP contribution in [0, 0.1) is 5.92 Å². The molecule has 2 fully saturated rings. The molecule has 0 saturated carbocycles. The molecule has 6 nitrogen and oxygen atoms in total. The van der Waals surface area contributed by atoms with Crippen LogP contribution in [0.15, 0.2) is 0 Å². The minimum atomic E-state index is -0.765. The molecule has 108 valence electrons. The maximum atomic E-state index is 12.0. The molecule has 0 aliphatic carbocycles. The van der Waals surface area contributed by atoms with Crippen molar-refractivity contribution in [3.05, 3.63) is 0 Å². The Kier molecular flexibility index (Phi) is 4.42. The Morgan fingerprint density at radius 3 is 2.79 bits per heavy atom. The fourth-order valence-corrected chi connectivity index (χ4v) is 2.53. The minimum absolute atomic E-state index is 0.0194. The molecule has 0 spiro atoms. The van der Waals surface area contributed by atoms with E-state index in [2.05, 4.69) is 5.32 Å². The maximum Gasteiger partial charge on any atom is 0.303 e. The monoisotopic (exact) mass is 270 g/mol. The molecular weight excluding hydrogens is 248 g/mol. The first-order valence-electron chi connectivity index (χ1n) is 6.83. The molecule has 0 aromatic rings. The lowest BCUT2D eigenvalue weighted by Crippen LogP contribution is -2.59. The molecule has 2 heterocycles. The molecule has 1 unspecified atom stereocenters. The number of rotatable bonds is 6. The summed E-state index contributed by atoms with van der Waals surface area (Å²) in [5.41, 5.74) is -0.196. The third kappa shape index (κ3) is 3.91. The molecule has 1 atom stereocenters. The van der Waals surface area contributed by atoms with E-state index >= 15 is 0 Å². The normalized spacial score (nSPS) is 25.1. The second-order valence-corrected chi connectivity index (χ2v) is 5.77. The van der Waals surface area contributed by atoms with Gasteiger partial charge < -0.3 is 20.1 Å². The molecule has 0 aromatic carbocycles. The van der Waals surface area contributed by atoms with Crippen molar-refractivity contribution in [1.29, 1.82) is 0 Å². The summed E-state index contributed by atoms with van der Waals surface area (Å²) in [6, 6.07) is 0. The van der Waals surface area contributed by atoms with Crippen molar-refractivity contribution in [2.24, 2.45) is 5.92 Å². The molecule has 2 rings (SSSR count). The summed E-state index contributed by atoms with van der Waals surface area (Å²) < 4.78 is 5.63. The average molecular weight is 270 g/mol. The van der Waals surface area contributed by atoms with Crippen LogP contribution in [0.2, 0.25) is 0 Å². The molecule has 6 heteroatoms. The number of nitrogens with one attached hydrogen (secondary N) is 1. The van der Waals surface area contributed by atoms with Gasteiger partial charge in [-0.05, 0) is 25.7 Å². The number of hydrogen-bond donors (Lipinski definition) is 2. The summed E-state index contributed by atoms with van der Waals surface area (Å²) >= 11 is 0. The van der Waals surface area contributed by atoms with Gasteiger partial charge in [-0.15, -0.1) is 0 Å². The van der Waals surface area contributed by atoms with Gasteiger partial charge in [0.25, 0.3) is 0 Å². The first-order chi connectivity index (χ1) is 8.98. The summed E-state index contributed by atoms with van der Waals surface area (Å²) in [4.78, 5) is 24.3. The SMILES string of the molecule is CC1(OCC(=O)N2CCC(CCC(=O)O)C2)CNC1. The van der Waals surface area contributed by atoms with Gasteiger partial charge in [-0.1, -0.05) is 0 Å². The Labute approximate surface area is 113 Å². The molecule has 1 amide bonds. The quantitative estimate of drug-likeness (QED) is 0.714. The number of amides is 1. The third-order valence-electron chi connectivity index (χ3n) is 3.95. The molecule has 2 saturated heterocycles. The summed E-state index contributed by atoms with van der Waals surface area (Å²) in [5, 5.41) is 11.8.